The van der Waals surface area contributed by atoms with Crippen LogP contribution in [0.3, 0.4) is 0 Å². The molecule has 0 spiro atoms. The molecule has 4 nitrogen and oxygen atoms in total. The number of ketones is 1. The maximum Gasteiger partial charge on any atom is 0.177 e. The molecule has 0 aliphatic rings. The highest BCUT2D eigenvalue weighted by atomic mass is 32.2. The fourth-order valence-corrected chi connectivity index (χ4v) is 4.10. The maximum atomic E-state index is 12.5. The number of ether oxygens (including phenoxy) is 2. The zero-order chi connectivity index (χ0) is 16.2. The molecule has 0 radical (unpaired) electrons. The lowest BCUT2D eigenvalue weighted by Crippen LogP contribution is -2.05. The molecule has 0 unspecified atom stereocenters. The van der Waals surface area contributed by atoms with Gasteiger partial charge in [0.05, 0.1) is 35.8 Å². The molecular weight excluding hydrogens is 330 g/mol. The quantitative estimate of drug-likeness (QED) is 0.493. The predicted molar refractivity (Wildman–Crippen MR) is 94.2 cm³/mol. The first-order chi connectivity index (χ1) is 11.2. The highest BCUT2D eigenvalue weighted by Crippen LogP contribution is 2.31. The number of benzene rings is 2. The van der Waals surface area contributed by atoms with E-state index in [1.165, 1.54) is 11.8 Å². The highest BCUT2D eigenvalue weighted by Gasteiger charge is 2.15. The van der Waals surface area contributed by atoms with Crippen molar-refractivity contribution >= 4 is 39.1 Å². The summed E-state index contributed by atoms with van der Waals surface area (Å²) in [5.74, 6) is 1.49. The summed E-state index contributed by atoms with van der Waals surface area (Å²) in [5.41, 5.74) is 1.49. The normalized spacial score (nSPS) is 10.7. The average Bonchev–Trinajstić information content (AvgIpc) is 3.02. The molecule has 0 atom stereocenters. The maximum absolute atomic E-state index is 12.5. The van der Waals surface area contributed by atoms with Crippen LogP contribution in [0.5, 0.6) is 11.5 Å². The van der Waals surface area contributed by atoms with Gasteiger partial charge in [0.1, 0.15) is 11.5 Å². The number of rotatable bonds is 6. The lowest BCUT2D eigenvalue weighted by Gasteiger charge is -2.09. The van der Waals surface area contributed by atoms with Gasteiger partial charge in [0.2, 0.25) is 0 Å². The summed E-state index contributed by atoms with van der Waals surface area (Å²) in [4.78, 5) is 17.0. The van der Waals surface area contributed by atoms with Gasteiger partial charge in [-0.15, -0.1) is 11.3 Å². The van der Waals surface area contributed by atoms with E-state index in [9.17, 15) is 4.79 Å². The van der Waals surface area contributed by atoms with Gasteiger partial charge in [-0.25, -0.2) is 4.98 Å². The van der Waals surface area contributed by atoms with Crippen molar-refractivity contribution in [2.24, 2.45) is 0 Å². The number of thioether (sulfide) groups is 1. The van der Waals surface area contributed by atoms with Crippen molar-refractivity contribution in [2.75, 3.05) is 20.0 Å². The molecular formula is C17H15NO3S2. The zero-order valence-electron chi connectivity index (χ0n) is 12.7. The molecule has 1 aromatic heterocycles. The monoisotopic (exact) mass is 345 g/mol. The Morgan fingerprint density at radius 1 is 1.17 bits per heavy atom. The molecule has 2 aromatic carbocycles. The lowest BCUT2D eigenvalue weighted by molar-refractivity contribution is 0.101. The van der Waals surface area contributed by atoms with Crippen LogP contribution in [0.25, 0.3) is 10.2 Å². The third-order valence-corrected chi connectivity index (χ3v) is 5.49. The van der Waals surface area contributed by atoms with E-state index >= 15 is 0 Å². The van der Waals surface area contributed by atoms with E-state index in [0.717, 1.165) is 14.6 Å². The lowest BCUT2D eigenvalue weighted by atomic mass is 10.1. The number of fused-ring (bicyclic) bond motifs is 1. The first kappa shape index (κ1) is 15.8. The van der Waals surface area contributed by atoms with Crippen molar-refractivity contribution in [2.45, 2.75) is 4.34 Å². The molecule has 118 valence electrons. The number of hydrogen-bond acceptors (Lipinski definition) is 6. The van der Waals surface area contributed by atoms with Crippen LogP contribution < -0.4 is 9.47 Å². The number of para-hydroxylation sites is 1. The van der Waals surface area contributed by atoms with Crippen LogP contribution >= 0.6 is 23.1 Å². The van der Waals surface area contributed by atoms with Crippen LogP contribution in [0.15, 0.2) is 46.8 Å². The number of thiazole rings is 1. The van der Waals surface area contributed by atoms with Gasteiger partial charge < -0.3 is 9.47 Å². The molecule has 0 saturated carbocycles. The fourth-order valence-electron chi connectivity index (χ4n) is 2.15. The van der Waals surface area contributed by atoms with Crippen LogP contribution in [-0.2, 0) is 0 Å². The Kier molecular flexibility index (Phi) is 4.83. The number of carbonyl (C=O) groups excluding carboxylic acids is 1. The van der Waals surface area contributed by atoms with Gasteiger partial charge in [0, 0.05) is 0 Å². The summed E-state index contributed by atoms with van der Waals surface area (Å²) in [5, 5.41) is 0. The van der Waals surface area contributed by atoms with E-state index in [-0.39, 0.29) is 5.78 Å². The SMILES string of the molecule is COc1ccc(OC)c(C(=O)CSc2nc3ccccc3s2)c1. The fraction of sp³-hybridized carbons (Fsp3) is 0.176. The Hall–Kier alpha value is -2.05. The first-order valence-corrected chi connectivity index (χ1v) is 8.75. The molecule has 6 heteroatoms. The van der Waals surface area contributed by atoms with Crippen LogP contribution in [0.1, 0.15) is 10.4 Å². The van der Waals surface area contributed by atoms with Crippen molar-refractivity contribution in [3.8, 4) is 11.5 Å². The molecule has 0 bridgehead atoms. The Morgan fingerprint density at radius 3 is 2.74 bits per heavy atom. The summed E-state index contributed by atoms with van der Waals surface area (Å²) in [6, 6.07) is 13.2. The van der Waals surface area contributed by atoms with Gasteiger partial charge in [-0.3, -0.25) is 4.79 Å². The van der Waals surface area contributed by atoms with E-state index in [2.05, 4.69) is 4.98 Å². The van der Waals surface area contributed by atoms with Gasteiger partial charge >= 0.3 is 0 Å². The van der Waals surface area contributed by atoms with E-state index in [1.54, 1.807) is 43.8 Å². The van der Waals surface area contributed by atoms with Crippen LogP contribution in [0.4, 0.5) is 0 Å². The molecule has 0 N–H and O–H groups in total. The Labute approximate surface area is 142 Å². The second-order valence-corrected chi connectivity index (χ2v) is 6.98. The number of hydrogen-bond donors (Lipinski definition) is 0. The van der Waals surface area contributed by atoms with Crippen molar-refractivity contribution in [1.82, 2.24) is 4.98 Å². The first-order valence-electron chi connectivity index (χ1n) is 6.95. The standard InChI is InChI=1S/C17H15NO3S2/c1-20-11-7-8-15(21-2)12(9-11)14(19)10-22-17-18-13-5-3-4-6-16(13)23-17/h3-9H,10H2,1-2H3. The van der Waals surface area contributed by atoms with E-state index in [1.807, 2.05) is 24.3 Å². The van der Waals surface area contributed by atoms with Crippen LogP contribution in [0.2, 0.25) is 0 Å². The molecule has 3 aromatic rings. The van der Waals surface area contributed by atoms with E-state index < -0.39 is 0 Å². The summed E-state index contributed by atoms with van der Waals surface area (Å²) in [6.07, 6.45) is 0. The number of Topliss-reactive ketones (excluding diaryl/α,β-unsaturated/α-hetero) is 1. The zero-order valence-corrected chi connectivity index (χ0v) is 14.4. The van der Waals surface area contributed by atoms with Gasteiger partial charge in [-0.05, 0) is 30.3 Å². The average molecular weight is 345 g/mol. The van der Waals surface area contributed by atoms with Gasteiger partial charge in [0.25, 0.3) is 0 Å². The van der Waals surface area contributed by atoms with Crippen molar-refractivity contribution in [3.63, 3.8) is 0 Å². The summed E-state index contributed by atoms with van der Waals surface area (Å²) >= 11 is 3.04. The predicted octanol–water partition coefficient (Wildman–Crippen LogP) is 4.29. The molecule has 0 saturated heterocycles. The largest absolute Gasteiger partial charge is 0.497 e. The van der Waals surface area contributed by atoms with Gasteiger partial charge in [-0.1, -0.05) is 23.9 Å². The van der Waals surface area contributed by atoms with Crippen molar-refractivity contribution in [3.05, 3.63) is 48.0 Å². The van der Waals surface area contributed by atoms with Crippen molar-refractivity contribution in [1.29, 1.82) is 0 Å². The van der Waals surface area contributed by atoms with Gasteiger partial charge in [0.15, 0.2) is 10.1 Å². The topological polar surface area (TPSA) is 48.4 Å². The smallest absolute Gasteiger partial charge is 0.177 e. The van der Waals surface area contributed by atoms with Crippen LogP contribution in [0, 0.1) is 0 Å². The second-order valence-electron chi connectivity index (χ2n) is 4.73. The molecule has 0 aliphatic carbocycles. The van der Waals surface area contributed by atoms with Gasteiger partial charge in [-0.2, -0.15) is 0 Å². The molecule has 0 fully saturated rings. The number of carbonyl (C=O) groups is 1. The van der Waals surface area contributed by atoms with Crippen molar-refractivity contribution < 1.29 is 14.3 Å². The van der Waals surface area contributed by atoms with E-state index in [0.29, 0.717) is 22.8 Å². The number of aromatic nitrogens is 1. The third-order valence-electron chi connectivity index (χ3n) is 3.31. The van der Waals surface area contributed by atoms with E-state index in [4.69, 9.17) is 9.47 Å². The number of methoxy groups -OCH3 is 2. The highest BCUT2D eigenvalue weighted by molar-refractivity contribution is 8.01. The van der Waals surface area contributed by atoms with Crippen LogP contribution in [-0.4, -0.2) is 30.7 Å². The molecule has 0 amide bonds. The minimum atomic E-state index is -0.00925. The molecule has 3 rings (SSSR count). The Morgan fingerprint density at radius 2 is 2.00 bits per heavy atom. The third kappa shape index (κ3) is 3.48. The molecule has 23 heavy (non-hydrogen) atoms. The summed E-state index contributed by atoms with van der Waals surface area (Å²) in [6.45, 7) is 0. The summed E-state index contributed by atoms with van der Waals surface area (Å²) < 4.78 is 12.5. The number of nitrogens with zero attached hydrogens (tertiary/aromatic N) is 1. The molecule has 0 aliphatic heterocycles. The minimum absolute atomic E-state index is 0.00925. The minimum Gasteiger partial charge on any atom is -0.497 e. The second kappa shape index (κ2) is 7.02. The Balaban J connectivity index is 1.76. The Bertz CT molecular complexity index is 812. The summed E-state index contributed by atoms with van der Waals surface area (Å²) in [7, 11) is 3.13. The molecule has 1 heterocycles.